The molecule has 0 radical (unpaired) electrons. The van der Waals surface area contributed by atoms with Gasteiger partial charge in [-0.25, -0.2) is 0 Å². The molecule has 0 heterocycles. The summed E-state index contributed by atoms with van der Waals surface area (Å²) in [6, 6.07) is 3.37. The lowest BCUT2D eigenvalue weighted by molar-refractivity contribution is 0.101. The Bertz CT molecular complexity index is 541. The first kappa shape index (κ1) is 18.2. The van der Waals surface area contributed by atoms with Gasteiger partial charge in [-0.15, -0.1) is 0 Å². The van der Waals surface area contributed by atoms with Gasteiger partial charge in [0.05, 0.1) is 5.56 Å². The molecule has 118 valence electrons. The molecule has 2 N–H and O–H groups in total. The normalized spacial score (nSPS) is 11.5. The predicted octanol–water partition coefficient (Wildman–Crippen LogP) is 4.48. The minimum Gasteiger partial charge on any atom is -0.398 e. The quantitative estimate of drug-likeness (QED) is 0.810. The van der Waals surface area contributed by atoms with Crippen molar-refractivity contribution in [1.82, 2.24) is 0 Å². The second-order valence-corrected chi connectivity index (χ2v) is 8.37. The lowest BCUT2D eigenvalue weighted by Gasteiger charge is -2.13. The Kier molecular flexibility index (Phi) is 6.88. The number of carbonyl (C=O) groups excluding carboxylic acids is 1. The Morgan fingerprint density at radius 2 is 1.76 bits per heavy atom. The van der Waals surface area contributed by atoms with Crippen LogP contribution in [-0.4, -0.2) is 17.4 Å². The van der Waals surface area contributed by atoms with E-state index in [1.807, 2.05) is 6.92 Å². The van der Waals surface area contributed by atoms with Gasteiger partial charge in [0.15, 0.2) is 0 Å². The molecule has 0 aliphatic carbocycles. The number of nitrogens with two attached hydrogens (primary N) is 1. The van der Waals surface area contributed by atoms with Crippen molar-refractivity contribution in [2.75, 3.05) is 17.2 Å². The van der Waals surface area contributed by atoms with Crippen LogP contribution in [0, 0.1) is 18.8 Å². The van der Waals surface area contributed by atoms with Crippen LogP contribution in [0.1, 0.15) is 43.6 Å². The second kappa shape index (κ2) is 7.95. The SMILES string of the molecule is Cc1cc(Cl)cc(C(=O)N=S(CC(C)C)CC(C)C)c1N. The minimum absolute atomic E-state index is 0.247. The number of rotatable bonds is 5. The Balaban J connectivity index is 3.12. The maximum atomic E-state index is 12.4. The molecular formula is C16H25ClN2OS. The van der Waals surface area contributed by atoms with E-state index in [0.717, 1.165) is 17.1 Å². The van der Waals surface area contributed by atoms with Crippen LogP contribution >= 0.6 is 11.6 Å². The summed E-state index contributed by atoms with van der Waals surface area (Å²) in [5.74, 6) is 2.65. The summed E-state index contributed by atoms with van der Waals surface area (Å²) in [4.78, 5) is 12.4. The number of hydrogen-bond donors (Lipinski definition) is 1. The van der Waals surface area contributed by atoms with Crippen LogP contribution in [0.15, 0.2) is 16.5 Å². The molecule has 5 heteroatoms. The number of anilines is 1. The van der Waals surface area contributed by atoms with Crippen LogP contribution in [0.4, 0.5) is 5.69 Å². The van der Waals surface area contributed by atoms with Crippen molar-refractivity contribution in [1.29, 1.82) is 0 Å². The molecule has 0 saturated carbocycles. The van der Waals surface area contributed by atoms with Gasteiger partial charge >= 0.3 is 0 Å². The van der Waals surface area contributed by atoms with E-state index in [-0.39, 0.29) is 16.6 Å². The monoisotopic (exact) mass is 328 g/mol. The van der Waals surface area contributed by atoms with E-state index in [1.54, 1.807) is 12.1 Å². The largest absolute Gasteiger partial charge is 0.398 e. The van der Waals surface area contributed by atoms with Gasteiger partial charge in [-0.05, 0) is 36.5 Å². The zero-order chi connectivity index (χ0) is 16.2. The summed E-state index contributed by atoms with van der Waals surface area (Å²) >= 11 is 6.02. The van der Waals surface area contributed by atoms with Gasteiger partial charge in [0.2, 0.25) is 0 Å². The van der Waals surface area contributed by atoms with Crippen LogP contribution in [0.3, 0.4) is 0 Å². The van der Waals surface area contributed by atoms with E-state index in [1.165, 1.54) is 0 Å². The zero-order valence-electron chi connectivity index (χ0n) is 13.4. The molecule has 0 unspecified atom stereocenters. The van der Waals surface area contributed by atoms with Gasteiger partial charge in [-0.2, -0.15) is 4.36 Å². The molecule has 1 aromatic carbocycles. The Morgan fingerprint density at radius 1 is 1.24 bits per heavy atom. The Labute approximate surface area is 135 Å². The van der Waals surface area contributed by atoms with Gasteiger partial charge in [0.25, 0.3) is 5.91 Å². The van der Waals surface area contributed by atoms with Crippen molar-refractivity contribution >= 4 is 33.9 Å². The standard InChI is InChI=1S/C16H25ClN2OS/c1-10(2)8-21(9-11(3)4)19-16(20)14-7-13(17)6-12(5)15(14)18/h6-7,10-11H,8-9,18H2,1-5H3. The van der Waals surface area contributed by atoms with Crippen LogP contribution in [0.25, 0.3) is 0 Å². The number of carbonyl (C=O) groups is 1. The van der Waals surface area contributed by atoms with E-state index < -0.39 is 0 Å². The summed E-state index contributed by atoms with van der Waals surface area (Å²) < 4.78 is 4.42. The second-order valence-electron chi connectivity index (χ2n) is 6.16. The zero-order valence-corrected chi connectivity index (χ0v) is 15.0. The smallest absolute Gasteiger partial charge is 0.285 e. The molecule has 0 bridgehead atoms. The van der Waals surface area contributed by atoms with Gasteiger partial charge in [0, 0.05) is 22.2 Å². The van der Waals surface area contributed by atoms with E-state index in [2.05, 4.69) is 32.1 Å². The number of halogens is 1. The molecule has 21 heavy (non-hydrogen) atoms. The number of nitrogen functional groups attached to an aromatic ring is 1. The molecular weight excluding hydrogens is 304 g/mol. The highest BCUT2D eigenvalue weighted by Gasteiger charge is 2.14. The topological polar surface area (TPSA) is 55.5 Å². The molecule has 0 saturated heterocycles. The molecule has 0 aliphatic heterocycles. The van der Waals surface area contributed by atoms with Crippen molar-refractivity contribution in [3.05, 3.63) is 28.3 Å². The highest BCUT2D eigenvalue weighted by molar-refractivity contribution is 7.87. The van der Waals surface area contributed by atoms with E-state index in [9.17, 15) is 4.79 Å². The third kappa shape index (κ3) is 5.79. The lowest BCUT2D eigenvalue weighted by Crippen LogP contribution is -2.14. The molecule has 0 spiro atoms. The lowest BCUT2D eigenvalue weighted by atomic mass is 10.1. The summed E-state index contributed by atoms with van der Waals surface area (Å²) in [6.07, 6.45) is 0. The Hall–Kier alpha value is -0.870. The molecule has 0 atom stereocenters. The molecule has 0 aliphatic rings. The molecule has 3 nitrogen and oxygen atoms in total. The highest BCUT2D eigenvalue weighted by atomic mass is 35.5. The fourth-order valence-electron chi connectivity index (χ4n) is 2.01. The third-order valence-electron chi connectivity index (χ3n) is 2.85. The van der Waals surface area contributed by atoms with E-state index in [0.29, 0.717) is 28.1 Å². The van der Waals surface area contributed by atoms with E-state index in [4.69, 9.17) is 17.3 Å². The fraction of sp³-hybridized carbons (Fsp3) is 0.562. The van der Waals surface area contributed by atoms with Crippen LogP contribution in [0.2, 0.25) is 5.02 Å². The van der Waals surface area contributed by atoms with Gasteiger partial charge in [-0.3, -0.25) is 4.79 Å². The van der Waals surface area contributed by atoms with Crippen LogP contribution < -0.4 is 5.73 Å². The van der Waals surface area contributed by atoms with Crippen molar-refractivity contribution in [3.8, 4) is 0 Å². The third-order valence-corrected chi connectivity index (χ3v) is 5.59. The van der Waals surface area contributed by atoms with Crippen LogP contribution in [0.5, 0.6) is 0 Å². The van der Waals surface area contributed by atoms with Crippen molar-refractivity contribution in [3.63, 3.8) is 0 Å². The molecule has 0 fully saturated rings. The fourth-order valence-corrected chi connectivity index (χ4v) is 4.44. The minimum atomic E-state index is -0.260. The van der Waals surface area contributed by atoms with Gasteiger partial charge in [-0.1, -0.05) is 50.0 Å². The first-order chi connectivity index (χ1) is 9.70. The average molecular weight is 329 g/mol. The van der Waals surface area contributed by atoms with Crippen LogP contribution in [-0.2, 0) is 10.7 Å². The average Bonchev–Trinajstić information content (AvgIpc) is 2.31. The number of benzene rings is 1. The number of amides is 1. The molecule has 0 aromatic heterocycles. The number of nitrogens with zero attached hydrogens (tertiary/aromatic N) is 1. The molecule has 1 amide bonds. The maximum absolute atomic E-state index is 12.4. The van der Waals surface area contributed by atoms with Crippen molar-refractivity contribution < 1.29 is 4.79 Å². The predicted molar refractivity (Wildman–Crippen MR) is 94.1 cm³/mol. The molecule has 1 aromatic rings. The first-order valence-corrected chi connectivity index (χ1v) is 9.09. The number of aryl methyl sites for hydroxylation is 1. The molecule has 1 rings (SSSR count). The highest BCUT2D eigenvalue weighted by Crippen LogP contribution is 2.24. The summed E-state index contributed by atoms with van der Waals surface area (Å²) in [5.41, 5.74) is 7.71. The number of hydrogen-bond acceptors (Lipinski definition) is 2. The van der Waals surface area contributed by atoms with Gasteiger partial charge < -0.3 is 5.73 Å². The first-order valence-electron chi connectivity index (χ1n) is 7.20. The maximum Gasteiger partial charge on any atom is 0.285 e. The summed E-state index contributed by atoms with van der Waals surface area (Å²) in [5, 5.41) is 0.521. The van der Waals surface area contributed by atoms with Gasteiger partial charge in [0.1, 0.15) is 0 Å². The summed E-state index contributed by atoms with van der Waals surface area (Å²) in [6.45, 7) is 10.5. The van der Waals surface area contributed by atoms with E-state index >= 15 is 0 Å². The van der Waals surface area contributed by atoms with Crippen molar-refractivity contribution in [2.24, 2.45) is 16.2 Å². The van der Waals surface area contributed by atoms with Crippen molar-refractivity contribution in [2.45, 2.75) is 34.6 Å². The summed E-state index contributed by atoms with van der Waals surface area (Å²) in [7, 11) is -0.260. The Morgan fingerprint density at radius 3 is 2.24 bits per heavy atom.